The van der Waals surface area contributed by atoms with E-state index in [4.69, 9.17) is 10.5 Å². The van der Waals surface area contributed by atoms with Crippen LogP contribution in [-0.4, -0.2) is 48.0 Å². The number of nitrogens with one attached hydrogen (secondary N) is 2. The van der Waals surface area contributed by atoms with E-state index in [2.05, 4.69) is 35.7 Å². The lowest BCUT2D eigenvalue weighted by atomic mass is 9.78. The van der Waals surface area contributed by atoms with Crippen LogP contribution in [0.15, 0.2) is 9.59 Å². The van der Waals surface area contributed by atoms with E-state index in [1.165, 1.54) is 0 Å². The van der Waals surface area contributed by atoms with Gasteiger partial charge in [0.25, 0.3) is 5.56 Å². The smallest absolute Gasteiger partial charge is 0.330 e. The Kier molecular flexibility index (Phi) is 4.67. The van der Waals surface area contributed by atoms with E-state index in [1.807, 2.05) is 0 Å². The summed E-state index contributed by atoms with van der Waals surface area (Å²) in [5, 5.41) is 20.9. The van der Waals surface area contributed by atoms with Crippen LogP contribution in [0.4, 0.5) is 5.95 Å². The van der Waals surface area contributed by atoms with Gasteiger partial charge in [0.05, 0.1) is 6.10 Å². The Bertz CT molecular complexity index is 912. The summed E-state index contributed by atoms with van der Waals surface area (Å²) in [6.45, 7) is 6.20. The average molecular weight is 367 g/mol. The molecule has 6 N–H and O–H groups in total. The van der Waals surface area contributed by atoms with E-state index < -0.39 is 35.8 Å². The molecule has 1 unspecified atom stereocenters. The second-order valence-electron chi connectivity index (χ2n) is 7.22. The number of H-pyrrole nitrogens is 2. The molecule has 1 aliphatic heterocycles. The van der Waals surface area contributed by atoms with Crippen LogP contribution >= 0.6 is 0 Å². The van der Waals surface area contributed by atoms with Gasteiger partial charge in [0, 0.05) is 0 Å². The Morgan fingerprint density at radius 1 is 1.23 bits per heavy atom. The Balaban J connectivity index is 2.01. The van der Waals surface area contributed by atoms with Crippen LogP contribution < -0.4 is 17.0 Å². The van der Waals surface area contributed by atoms with Gasteiger partial charge in [-0.1, -0.05) is 33.6 Å². The van der Waals surface area contributed by atoms with E-state index >= 15 is 0 Å². The number of hydrogen-bond donors (Lipinski definition) is 5. The van der Waals surface area contributed by atoms with Crippen molar-refractivity contribution in [2.75, 3.05) is 5.73 Å². The number of nitrogens with zero attached hydrogens (tertiary/aromatic N) is 2. The Hall–Kier alpha value is -2.17. The number of fused-ring (bicyclic) bond motifs is 1. The van der Waals surface area contributed by atoms with Crippen LogP contribution in [0, 0.1) is 5.41 Å². The van der Waals surface area contributed by atoms with E-state index in [1.54, 1.807) is 0 Å². The Morgan fingerprint density at radius 2 is 1.88 bits per heavy atom. The van der Waals surface area contributed by atoms with Crippen LogP contribution in [-0.2, 0) is 4.74 Å². The summed E-state index contributed by atoms with van der Waals surface area (Å²) in [5.74, 6) is -0.163. The maximum atomic E-state index is 12.3. The first-order valence-electron chi connectivity index (χ1n) is 8.72. The zero-order valence-corrected chi connectivity index (χ0v) is 15.0. The maximum Gasteiger partial charge on any atom is 0.330 e. The minimum absolute atomic E-state index is 0.0260. The molecule has 0 aliphatic carbocycles. The number of aliphatic hydroxyl groups excluding tert-OH is 2. The summed E-state index contributed by atoms with van der Waals surface area (Å²) in [4.78, 5) is 33.0. The summed E-state index contributed by atoms with van der Waals surface area (Å²) in [6.07, 6.45) is -2.00. The van der Waals surface area contributed by atoms with E-state index in [0.29, 0.717) is 6.42 Å². The van der Waals surface area contributed by atoms with E-state index in [0.717, 1.165) is 17.4 Å². The number of nitrogen functional groups attached to an aromatic ring is 1. The van der Waals surface area contributed by atoms with Gasteiger partial charge in [-0.15, -0.1) is 0 Å². The van der Waals surface area contributed by atoms with Crippen LogP contribution in [0.1, 0.15) is 46.3 Å². The fourth-order valence-electron chi connectivity index (χ4n) is 3.40. The van der Waals surface area contributed by atoms with Crippen molar-refractivity contribution in [1.29, 1.82) is 0 Å². The third-order valence-corrected chi connectivity index (χ3v) is 5.59. The van der Waals surface area contributed by atoms with Crippen molar-refractivity contribution in [3.63, 3.8) is 0 Å². The monoisotopic (exact) mass is 367 g/mol. The molecule has 1 aliphatic rings. The van der Waals surface area contributed by atoms with Gasteiger partial charge in [-0.3, -0.25) is 14.8 Å². The van der Waals surface area contributed by atoms with Crippen molar-refractivity contribution in [3.05, 3.63) is 20.8 Å². The molecule has 10 heteroatoms. The molecule has 4 atom stereocenters. The molecule has 0 radical (unpaired) electrons. The minimum atomic E-state index is -1.34. The second kappa shape index (κ2) is 6.53. The lowest BCUT2D eigenvalue weighted by Crippen LogP contribution is -2.35. The molecular weight excluding hydrogens is 342 g/mol. The van der Waals surface area contributed by atoms with Gasteiger partial charge in [-0.25, -0.2) is 9.36 Å². The molecule has 3 heterocycles. The van der Waals surface area contributed by atoms with Crippen molar-refractivity contribution < 1.29 is 14.9 Å². The zero-order valence-electron chi connectivity index (χ0n) is 15.0. The third kappa shape index (κ3) is 2.93. The molecule has 0 amide bonds. The van der Waals surface area contributed by atoms with Gasteiger partial charge in [-0.05, 0) is 11.8 Å². The summed E-state index contributed by atoms with van der Waals surface area (Å²) in [5.41, 5.74) is 4.13. The number of rotatable bonds is 5. The molecular formula is C16H25N5O5. The van der Waals surface area contributed by atoms with Gasteiger partial charge in [0.15, 0.2) is 17.4 Å². The number of ether oxygens (including phenoxy) is 1. The van der Waals surface area contributed by atoms with Crippen molar-refractivity contribution in [3.8, 4) is 0 Å². The summed E-state index contributed by atoms with van der Waals surface area (Å²) >= 11 is 0. The van der Waals surface area contributed by atoms with E-state index in [-0.39, 0.29) is 22.5 Å². The van der Waals surface area contributed by atoms with Crippen molar-refractivity contribution in [2.45, 2.75) is 64.6 Å². The lowest BCUT2D eigenvalue weighted by molar-refractivity contribution is -0.0507. The summed E-state index contributed by atoms with van der Waals surface area (Å²) < 4.78 is 6.88. The maximum absolute atomic E-state index is 12.3. The number of imidazole rings is 1. The first kappa shape index (κ1) is 18.6. The first-order chi connectivity index (χ1) is 12.2. The molecule has 0 bridgehead atoms. The molecule has 144 valence electrons. The molecule has 10 nitrogen and oxygen atoms in total. The van der Waals surface area contributed by atoms with Crippen LogP contribution in [0.5, 0.6) is 0 Å². The van der Waals surface area contributed by atoms with Gasteiger partial charge < -0.3 is 20.7 Å². The van der Waals surface area contributed by atoms with Crippen LogP contribution in [0.25, 0.3) is 11.2 Å². The normalized spacial score (nSPS) is 26.7. The molecule has 26 heavy (non-hydrogen) atoms. The van der Waals surface area contributed by atoms with Crippen molar-refractivity contribution in [1.82, 2.24) is 19.5 Å². The standard InChI is InChI=1S/C16H25N5O5/c1-4-16(3,5-2)6-7-9(22)10(23)13(26-7)21-11-8(18-15(21)25)12(24)20-14(17)19-11/h7,9-10,13,22-23H,4-6H2,1-3H3,(H,18,25)(H3,17,19,20,24)/t7?,9-,10-,13-/m1/s1. The number of nitrogens with two attached hydrogens (primary N) is 1. The number of hydrogen-bond acceptors (Lipinski definition) is 7. The fraction of sp³-hybridized carbons (Fsp3) is 0.688. The second-order valence-corrected chi connectivity index (χ2v) is 7.22. The molecule has 0 saturated carbocycles. The minimum Gasteiger partial charge on any atom is -0.388 e. The lowest BCUT2D eigenvalue weighted by Gasteiger charge is -2.30. The summed E-state index contributed by atoms with van der Waals surface area (Å²) in [6, 6.07) is 0. The highest BCUT2D eigenvalue weighted by atomic mass is 16.6. The summed E-state index contributed by atoms with van der Waals surface area (Å²) in [7, 11) is 0. The first-order valence-corrected chi connectivity index (χ1v) is 8.72. The highest BCUT2D eigenvalue weighted by Gasteiger charge is 2.46. The predicted molar refractivity (Wildman–Crippen MR) is 94.6 cm³/mol. The molecule has 0 spiro atoms. The molecule has 2 aromatic rings. The quantitative estimate of drug-likeness (QED) is 0.490. The number of aliphatic hydroxyl groups is 2. The van der Waals surface area contributed by atoms with E-state index in [9.17, 15) is 19.8 Å². The van der Waals surface area contributed by atoms with Crippen molar-refractivity contribution in [2.24, 2.45) is 5.41 Å². The van der Waals surface area contributed by atoms with Crippen molar-refractivity contribution >= 4 is 17.1 Å². The average Bonchev–Trinajstić information content (AvgIpc) is 3.06. The molecule has 3 rings (SSSR count). The van der Waals surface area contributed by atoms with Crippen LogP contribution in [0.2, 0.25) is 0 Å². The number of anilines is 1. The Labute approximate surface area is 149 Å². The third-order valence-electron chi connectivity index (χ3n) is 5.59. The highest BCUT2D eigenvalue weighted by Crippen LogP contribution is 2.39. The SMILES string of the molecule is CCC(C)(CC)CC1O[C@@H](n2c(=O)[nH]c3c(=O)[nH]c(N)nc32)[C@H](O)[C@@H]1O. The molecule has 1 fully saturated rings. The van der Waals surface area contributed by atoms with Gasteiger partial charge >= 0.3 is 5.69 Å². The topological polar surface area (TPSA) is 159 Å². The largest absolute Gasteiger partial charge is 0.388 e. The highest BCUT2D eigenvalue weighted by molar-refractivity contribution is 5.70. The van der Waals surface area contributed by atoms with Gasteiger partial charge in [0.1, 0.15) is 12.2 Å². The van der Waals surface area contributed by atoms with Crippen LogP contribution in [0.3, 0.4) is 0 Å². The molecule has 1 saturated heterocycles. The van der Waals surface area contributed by atoms with Gasteiger partial charge in [-0.2, -0.15) is 4.98 Å². The molecule has 0 aromatic carbocycles. The molecule has 2 aromatic heterocycles. The zero-order chi connectivity index (χ0) is 19.2. The number of aromatic amines is 2. The number of aromatic nitrogens is 4. The fourth-order valence-corrected chi connectivity index (χ4v) is 3.40. The Morgan fingerprint density at radius 3 is 2.50 bits per heavy atom. The predicted octanol–water partition coefficient (Wildman–Crippen LogP) is -0.169. The van der Waals surface area contributed by atoms with Gasteiger partial charge in [0.2, 0.25) is 5.95 Å².